The lowest BCUT2D eigenvalue weighted by molar-refractivity contribution is -0.190. The molecule has 88 valence electrons. The third-order valence-corrected chi connectivity index (χ3v) is 1.68. The fraction of sp³-hybridized carbons (Fsp3) is 0.714. The van der Waals surface area contributed by atoms with Crippen LogP contribution in [0, 0.1) is 0 Å². The fourth-order valence-electron chi connectivity index (χ4n) is 0.978. The second-order valence-electron chi connectivity index (χ2n) is 2.63. The molecule has 0 aromatic heterocycles. The maximum atomic E-state index is 12.0. The van der Waals surface area contributed by atoms with Crippen LogP contribution in [0.5, 0.6) is 0 Å². The molecule has 0 rings (SSSR count). The number of aliphatic carboxylic acids is 1. The van der Waals surface area contributed by atoms with Gasteiger partial charge in [0.25, 0.3) is 0 Å². The third-order valence-electron chi connectivity index (χ3n) is 1.68. The highest BCUT2D eigenvalue weighted by molar-refractivity contribution is 5.87. The molecule has 0 aliphatic heterocycles. The van der Waals surface area contributed by atoms with Crippen molar-refractivity contribution in [2.45, 2.75) is 19.1 Å². The summed E-state index contributed by atoms with van der Waals surface area (Å²) in [7, 11) is 0. The molecule has 0 saturated carbocycles. The molecule has 5 nitrogen and oxygen atoms in total. The van der Waals surface area contributed by atoms with E-state index in [1.807, 2.05) is 0 Å². The lowest BCUT2D eigenvalue weighted by atomic mass is 10.2. The number of carbonyl (C=O) groups is 2. The van der Waals surface area contributed by atoms with Crippen LogP contribution in [0.4, 0.5) is 13.2 Å². The summed E-state index contributed by atoms with van der Waals surface area (Å²) in [4.78, 5) is 21.2. The van der Waals surface area contributed by atoms with E-state index in [0.29, 0.717) is 0 Å². The van der Waals surface area contributed by atoms with Gasteiger partial charge < -0.3 is 15.1 Å². The SMILES string of the molecule is CCN(C(=O)C(F)(F)F)C(CO)C(=O)O. The van der Waals surface area contributed by atoms with Gasteiger partial charge >= 0.3 is 18.1 Å². The van der Waals surface area contributed by atoms with Crippen molar-refractivity contribution in [1.82, 2.24) is 4.90 Å². The highest BCUT2D eigenvalue weighted by Crippen LogP contribution is 2.19. The molecule has 0 fully saturated rings. The summed E-state index contributed by atoms with van der Waals surface area (Å²) in [6.07, 6.45) is -5.14. The van der Waals surface area contributed by atoms with E-state index in [1.165, 1.54) is 6.92 Å². The lowest BCUT2D eigenvalue weighted by Gasteiger charge is -2.26. The van der Waals surface area contributed by atoms with Gasteiger partial charge in [-0.3, -0.25) is 4.79 Å². The largest absolute Gasteiger partial charge is 0.480 e. The van der Waals surface area contributed by atoms with Crippen LogP contribution in [-0.4, -0.2) is 52.4 Å². The van der Waals surface area contributed by atoms with Gasteiger partial charge in [0.05, 0.1) is 6.61 Å². The Balaban J connectivity index is 4.90. The highest BCUT2D eigenvalue weighted by Gasteiger charge is 2.45. The van der Waals surface area contributed by atoms with Crippen molar-refractivity contribution < 1.29 is 33.0 Å². The first-order chi connectivity index (χ1) is 6.75. The Hall–Kier alpha value is -1.31. The standard InChI is InChI=1S/C7H10F3NO4/c1-2-11(4(3-12)5(13)14)6(15)7(8,9)10/h4,12H,2-3H2,1H3,(H,13,14). The molecule has 0 aromatic rings. The van der Waals surface area contributed by atoms with Crippen molar-refractivity contribution >= 4 is 11.9 Å². The van der Waals surface area contributed by atoms with E-state index in [2.05, 4.69) is 0 Å². The number of aliphatic hydroxyl groups is 1. The number of nitrogens with zero attached hydrogens (tertiary/aromatic N) is 1. The normalized spacial score (nSPS) is 13.4. The Morgan fingerprint density at radius 2 is 1.87 bits per heavy atom. The molecule has 0 spiro atoms. The van der Waals surface area contributed by atoms with Crippen molar-refractivity contribution in [3.63, 3.8) is 0 Å². The van der Waals surface area contributed by atoms with Gasteiger partial charge in [-0.05, 0) is 6.92 Å². The number of aliphatic hydroxyl groups excluding tert-OH is 1. The fourth-order valence-corrected chi connectivity index (χ4v) is 0.978. The number of rotatable bonds is 4. The summed E-state index contributed by atoms with van der Waals surface area (Å²) in [5.41, 5.74) is 0. The van der Waals surface area contributed by atoms with Gasteiger partial charge in [-0.1, -0.05) is 0 Å². The Morgan fingerprint density at radius 3 is 2.07 bits per heavy atom. The number of halogens is 3. The van der Waals surface area contributed by atoms with E-state index in [9.17, 15) is 22.8 Å². The minimum Gasteiger partial charge on any atom is -0.480 e. The Labute approximate surface area is 83.1 Å². The van der Waals surface area contributed by atoms with Gasteiger partial charge in [-0.25, -0.2) is 4.79 Å². The number of likely N-dealkylation sites (N-methyl/N-ethyl adjacent to an activating group) is 1. The van der Waals surface area contributed by atoms with Gasteiger partial charge in [0, 0.05) is 6.54 Å². The zero-order chi connectivity index (χ0) is 12.2. The first-order valence-electron chi connectivity index (χ1n) is 3.97. The summed E-state index contributed by atoms with van der Waals surface area (Å²) < 4.78 is 35.9. The molecule has 0 bridgehead atoms. The molecular weight excluding hydrogens is 219 g/mol. The number of alkyl halides is 3. The third kappa shape index (κ3) is 3.39. The smallest absolute Gasteiger partial charge is 0.471 e. The predicted molar refractivity (Wildman–Crippen MR) is 42.0 cm³/mol. The molecule has 0 radical (unpaired) electrons. The van der Waals surface area contributed by atoms with Crippen molar-refractivity contribution in [2.24, 2.45) is 0 Å². The predicted octanol–water partition coefficient (Wildman–Crippen LogP) is -0.157. The monoisotopic (exact) mass is 229 g/mol. The van der Waals surface area contributed by atoms with E-state index in [4.69, 9.17) is 10.2 Å². The summed E-state index contributed by atoms with van der Waals surface area (Å²) in [5.74, 6) is -3.96. The number of carboxylic acid groups (broad SMARTS) is 1. The van der Waals surface area contributed by atoms with Gasteiger partial charge in [-0.2, -0.15) is 13.2 Å². The molecule has 0 aliphatic carbocycles. The molecule has 1 unspecified atom stereocenters. The van der Waals surface area contributed by atoms with Crippen molar-refractivity contribution in [1.29, 1.82) is 0 Å². The van der Waals surface area contributed by atoms with Crippen molar-refractivity contribution in [3.05, 3.63) is 0 Å². The van der Waals surface area contributed by atoms with Crippen LogP contribution in [0.25, 0.3) is 0 Å². The van der Waals surface area contributed by atoms with Crippen LogP contribution in [0.2, 0.25) is 0 Å². The second-order valence-corrected chi connectivity index (χ2v) is 2.63. The van der Waals surface area contributed by atoms with Crippen LogP contribution >= 0.6 is 0 Å². The summed E-state index contributed by atoms with van der Waals surface area (Å²) in [5, 5.41) is 17.0. The number of hydrogen-bond donors (Lipinski definition) is 2. The topological polar surface area (TPSA) is 77.8 Å². The van der Waals surface area contributed by atoms with Crippen molar-refractivity contribution in [2.75, 3.05) is 13.2 Å². The molecule has 0 aliphatic rings. The van der Waals surface area contributed by atoms with Crippen LogP contribution in [0.1, 0.15) is 6.92 Å². The lowest BCUT2D eigenvalue weighted by Crippen LogP contribution is -2.51. The molecule has 0 aromatic carbocycles. The molecular formula is C7H10F3NO4. The molecule has 8 heteroatoms. The average molecular weight is 229 g/mol. The second kappa shape index (κ2) is 4.96. The molecule has 0 heterocycles. The van der Waals surface area contributed by atoms with E-state index in [0.717, 1.165) is 0 Å². The zero-order valence-electron chi connectivity index (χ0n) is 7.78. The molecule has 0 saturated heterocycles. The van der Waals surface area contributed by atoms with Crippen LogP contribution in [0.15, 0.2) is 0 Å². The van der Waals surface area contributed by atoms with Gasteiger partial charge in [0.2, 0.25) is 0 Å². The van der Waals surface area contributed by atoms with Crippen LogP contribution in [0.3, 0.4) is 0 Å². The van der Waals surface area contributed by atoms with E-state index in [1.54, 1.807) is 0 Å². The Kier molecular flexibility index (Phi) is 4.53. The molecule has 1 amide bonds. The highest BCUT2D eigenvalue weighted by atomic mass is 19.4. The number of carboxylic acids is 1. The van der Waals surface area contributed by atoms with Crippen LogP contribution in [-0.2, 0) is 9.59 Å². The number of hydrogen-bond acceptors (Lipinski definition) is 3. The Bertz CT molecular complexity index is 253. The number of carbonyl (C=O) groups excluding carboxylic acids is 1. The maximum Gasteiger partial charge on any atom is 0.471 e. The van der Waals surface area contributed by atoms with E-state index in [-0.39, 0.29) is 4.90 Å². The van der Waals surface area contributed by atoms with Gasteiger partial charge in [0.15, 0.2) is 6.04 Å². The minimum atomic E-state index is -5.14. The molecule has 15 heavy (non-hydrogen) atoms. The first kappa shape index (κ1) is 13.7. The Morgan fingerprint density at radius 1 is 1.40 bits per heavy atom. The van der Waals surface area contributed by atoms with E-state index < -0.39 is 37.2 Å². The summed E-state index contributed by atoms with van der Waals surface area (Å²) in [6, 6.07) is -1.87. The maximum absolute atomic E-state index is 12.0. The van der Waals surface area contributed by atoms with Gasteiger partial charge in [-0.15, -0.1) is 0 Å². The van der Waals surface area contributed by atoms with Crippen molar-refractivity contribution in [3.8, 4) is 0 Å². The summed E-state index contributed by atoms with van der Waals surface area (Å²) in [6.45, 7) is -0.323. The van der Waals surface area contributed by atoms with Gasteiger partial charge in [0.1, 0.15) is 0 Å². The van der Waals surface area contributed by atoms with Crippen LogP contribution < -0.4 is 0 Å². The average Bonchev–Trinajstić information content (AvgIpc) is 2.10. The molecule has 2 N–H and O–H groups in total. The minimum absolute atomic E-state index is 0.0579. The summed E-state index contributed by atoms with van der Waals surface area (Å²) >= 11 is 0. The first-order valence-corrected chi connectivity index (χ1v) is 3.97. The molecule has 1 atom stereocenters. The number of amides is 1. The quantitative estimate of drug-likeness (QED) is 0.702. The van der Waals surface area contributed by atoms with E-state index >= 15 is 0 Å². The zero-order valence-corrected chi connectivity index (χ0v) is 7.78.